The number of rotatable bonds is 0. The van der Waals surface area contributed by atoms with E-state index < -0.39 is 18.2 Å². The van der Waals surface area contributed by atoms with Gasteiger partial charge in [-0.25, -0.2) is 4.79 Å². The SMILES string of the molecule is CC1=N[C@@H]2C(=O)N(C)C(=O)N(C)[C@H]2n2c(O)ccc21. The molecular weight excluding hydrogens is 248 g/mol. The Hall–Kier alpha value is -2.31. The maximum Gasteiger partial charge on any atom is 0.327 e. The zero-order valence-corrected chi connectivity index (χ0v) is 10.9. The Kier molecular flexibility index (Phi) is 2.23. The molecule has 3 heterocycles. The summed E-state index contributed by atoms with van der Waals surface area (Å²) in [6.07, 6.45) is -0.607. The number of aliphatic imine (C=N–C) groups is 1. The molecule has 1 aromatic heterocycles. The molecule has 0 saturated carbocycles. The summed E-state index contributed by atoms with van der Waals surface area (Å²) in [7, 11) is 3.04. The van der Waals surface area contributed by atoms with E-state index in [1.54, 1.807) is 24.6 Å². The third-order valence-electron chi connectivity index (χ3n) is 3.72. The van der Waals surface area contributed by atoms with E-state index in [4.69, 9.17) is 0 Å². The first kappa shape index (κ1) is 11.8. The number of urea groups is 1. The maximum absolute atomic E-state index is 12.2. The van der Waals surface area contributed by atoms with Crippen LogP contribution in [0.1, 0.15) is 18.8 Å². The van der Waals surface area contributed by atoms with E-state index in [0.29, 0.717) is 5.71 Å². The molecule has 1 fully saturated rings. The summed E-state index contributed by atoms with van der Waals surface area (Å²) in [4.78, 5) is 31.0. The molecule has 0 aliphatic carbocycles. The normalized spacial score (nSPS) is 26.2. The van der Waals surface area contributed by atoms with Gasteiger partial charge >= 0.3 is 6.03 Å². The number of imide groups is 1. The largest absolute Gasteiger partial charge is 0.494 e. The Bertz CT molecular complexity index is 618. The third-order valence-corrected chi connectivity index (χ3v) is 3.72. The van der Waals surface area contributed by atoms with Gasteiger partial charge in [-0.1, -0.05) is 0 Å². The Morgan fingerprint density at radius 2 is 1.95 bits per heavy atom. The van der Waals surface area contributed by atoms with Gasteiger partial charge < -0.3 is 10.0 Å². The number of carbonyl (C=O) groups excluding carboxylic acids is 2. The quantitative estimate of drug-likeness (QED) is 0.735. The van der Waals surface area contributed by atoms with Crippen molar-refractivity contribution in [1.29, 1.82) is 0 Å². The summed E-state index contributed by atoms with van der Waals surface area (Å²) in [5.41, 5.74) is 1.39. The lowest BCUT2D eigenvalue weighted by atomic mass is 10.1. The number of aromatic nitrogens is 1. The molecule has 0 radical (unpaired) electrons. The Morgan fingerprint density at radius 3 is 2.63 bits per heavy atom. The van der Waals surface area contributed by atoms with Crippen molar-refractivity contribution in [1.82, 2.24) is 14.4 Å². The minimum atomic E-state index is -0.710. The molecule has 7 nitrogen and oxygen atoms in total. The smallest absolute Gasteiger partial charge is 0.327 e. The van der Waals surface area contributed by atoms with Gasteiger partial charge in [0.05, 0.1) is 11.4 Å². The Morgan fingerprint density at radius 1 is 1.26 bits per heavy atom. The van der Waals surface area contributed by atoms with Crippen LogP contribution in [0.5, 0.6) is 5.88 Å². The van der Waals surface area contributed by atoms with Crippen molar-refractivity contribution < 1.29 is 14.7 Å². The van der Waals surface area contributed by atoms with Crippen LogP contribution in [0.25, 0.3) is 0 Å². The molecular formula is C12H14N4O3. The lowest BCUT2D eigenvalue weighted by Gasteiger charge is -2.43. The van der Waals surface area contributed by atoms with Crippen molar-refractivity contribution in [2.24, 2.45) is 4.99 Å². The molecule has 2 atom stereocenters. The molecule has 0 unspecified atom stereocenters. The number of hydrogen-bond acceptors (Lipinski definition) is 4. The van der Waals surface area contributed by atoms with Gasteiger partial charge in [0.15, 0.2) is 11.9 Å². The highest BCUT2D eigenvalue weighted by Crippen LogP contribution is 2.35. The van der Waals surface area contributed by atoms with Crippen LogP contribution in [-0.4, -0.2) is 57.3 Å². The van der Waals surface area contributed by atoms with Gasteiger partial charge in [0.1, 0.15) is 6.17 Å². The molecule has 0 spiro atoms. The number of carbonyl (C=O) groups is 2. The van der Waals surface area contributed by atoms with Crippen molar-refractivity contribution in [3.8, 4) is 5.88 Å². The highest BCUT2D eigenvalue weighted by atomic mass is 16.3. The fourth-order valence-corrected chi connectivity index (χ4v) is 2.70. The summed E-state index contributed by atoms with van der Waals surface area (Å²) < 4.78 is 1.58. The van der Waals surface area contributed by atoms with Crippen LogP contribution in [-0.2, 0) is 4.79 Å². The van der Waals surface area contributed by atoms with E-state index >= 15 is 0 Å². The first-order valence-corrected chi connectivity index (χ1v) is 5.93. The highest BCUT2D eigenvalue weighted by Gasteiger charge is 2.47. The summed E-state index contributed by atoms with van der Waals surface area (Å²) >= 11 is 0. The van der Waals surface area contributed by atoms with E-state index in [-0.39, 0.29) is 11.8 Å². The highest BCUT2D eigenvalue weighted by molar-refractivity contribution is 6.05. The zero-order chi connectivity index (χ0) is 13.9. The molecule has 0 bridgehead atoms. The van der Waals surface area contributed by atoms with Gasteiger partial charge in [0, 0.05) is 20.2 Å². The summed E-state index contributed by atoms with van der Waals surface area (Å²) in [5.74, 6) is -0.331. The van der Waals surface area contributed by atoms with Crippen molar-refractivity contribution >= 4 is 17.6 Å². The molecule has 3 amide bonds. The number of nitrogens with zero attached hydrogens (tertiary/aromatic N) is 4. The summed E-state index contributed by atoms with van der Waals surface area (Å²) in [6, 6.07) is 2.15. The van der Waals surface area contributed by atoms with Gasteiger partial charge in [0.2, 0.25) is 0 Å². The molecule has 19 heavy (non-hydrogen) atoms. The monoisotopic (exact) mass is 262 g/mol. The minimum Gasteiger partial charge on any atom is -0.494 e. The molecule has 1 N–H and O–H groups in total. The molecule has 2 aliphatic heterocycles. The molecule has 100 valence electrons. The van der Waals surface area contributed by atoms with Gasteiger partial charge in [-0.3, -0.25) is 19.3 Å². The second-order valence-corrected chi connectivity index (χ2v) is 4.81. The zero-order valence-electron chi connectivity index (χ0n) is 10.9. The van der Waals surface area contributed by atoms with E-state index in [2.05, 4.69) is 4.99 Å². The molecule has 7 heteroatoms. The standard InChI is InChI=1S/C12H14N4O3/c1-6-7-4-5-8(17)16(7)10-9(13-6)11(18)15(3)12(19)14(10)2/h4-5,9-10,17H,1-3H3/t9-,10-/m0/s1. The van der Waals surface area contributed by atoms with Crippen molar-refractivity contribution in [3.05, 3.63) is 17.8 Å². The van der Waals surface area contributed by atoms with Crippen molar-refractivity contribution in [3.63, 3.8) is 0 Å². The lowest BCUT2D eigenvalue weighted by Crippen LogP contribution is -2.60. The van der Waals surface area contributed by atoms with Gasteiger partial charge in [-0.15, -0.1) is 0 Å². The van der Waals surface area contributed by atoms with Crippen LogP contribution >= 0.6 is 0 Å². The molecule has 2 aliphatic rings. The average molecular weight is 262 g/mol. The fraction of sp³-hybridized carbons (Fsp3) is 0.417. The van der Waals surface area contributed by atoms with Gasteiger partial charge in [0.25, 0.3) is 5.91 Å². The Balaban J connectivity index is 2.21. The molecule has 0 aromatic carbocycles. The minimum absolute atomic E-state index is 0.0243. The molecule has 1 aromatic rings. The Labute approximate surface area is 109 Å². The van der Waals surface area contributed by atoms with E-state index in [1.165, 1.54) is 18.0 Å². The maximum atomic E-state index is 12.2. The van der Waals surface area contributed by atoms with E-state index in [1.807, 2.05) is 0 Å². The number of likely N-dealkylation sites (N-methyl/N-ethyl adjacent to an activating group) is 2. The van der Waals surface area contributed by atoms with Crippen LogP contribution in [0.2, 0.25) is 0 Å². The topological polar surface area (TPSA) is 78.1 Å². The first-order valence-electron chi connectivity index (χ1n) is 5.93. The van der Waals surface area contributed by atoms with E-state index in [9.17, 15) is 14.7 Å². The van der Waals surface area contributed by atoms with Crippen LogP contribution in [0, 0.1) is 0 Å². The van der Waals surface area contributed by atoms with Crippen LogP contribution in [0.15, 0.2) is 17.1 Å². The average Bonchev–Trinajstić information content (AvgIpc) is 2.77. The fourth-order valence-electron chi connectivity index (χ4n) is 2.70. The summed E-state index contributed by atoms with van der Waals surface area (Å²) in [5, 5.41) is 9.95. The number of fused-ring (bicyclic) bond motifs is 3. The van der Waals surface area contributed by atoms with Crippen molar-refractivity contribution in [2.75, 3.05) is 14.1 Å². The predicted molar refractivity (Wildman–Crippen MR) is 67.1 cm³/mol. The third kappa shape index (κ3) is 1.35. The van der Waals surface area contributed by atoms with Crippen molar-refractivity contribution in [2.45, 2.75) is 19.1 Å². The van der Waals surface area contributed by atoms with Crippen LogP contribution < -0.4 is 0 Å². The van der Waals surface area contributed by atoms with Gasteiger partial charge in [-0.05, 0) is 13.0 Å². The van der Waals surface area contributed by atoms with Crippen LogP contribution in [0.3, 0.4) is 0 Å². The number of amides is 3. The van der Waals surface area contributed by atoms with E-state index in [0.717, 1.165) is 10.6 Å². The lowest BCUT2D eigenvalue weighted by molar-refractivity contribution is -0.134. The summed E-state index contributed by atoms with van der Waals surface area (Å²) in [6.45, 7) is 1.78. The second kappa shape index (κ2) is 3.59. The number of hydrogen-bond donors (Lipinski definition) is 1. The number of aromatic hydroxyl groups is 1. The first-order chi connectivity index (χ1) is 8.93. The second-order valence-electron chi connectivity index (χ2n) is 4.81. The molecule has 1 saturated heterocycles. The van der Waals surface area contributed by atoms with Gasteiger partial charge in [-0.2, -0.15) is 0 Å². The predicted octanol–water partition coefficient (Wildman–Crippen LogP) is 0.407. The molecule has 3 rings (SSSR count). The van der Waals surface area contributed by atoms with Crippen LogP contribution in [0.4, 0.5) is 4.79 Å².